The van der Waals surface area contributed by atoms with Crippen LogP contribution in [0.15, 0.2) is 24.3 Å². The van der Waals surface area contributed by atoms with Crippen LogP contribution >= 0.6 is 10.1 Å². The normalized spacial score (nSPS) is 30.5. The minimum absolute atomic E-state index is 0.761. The molecule has 82 valence electrons. The number of hydrogen-bond acceptors (Lipinski definition) is 3. The molecule has 0 radical (unpaired) electrons. The van der Waals surface area contributed by atoms with Gasteiger partial charge in [0.2, 0.25) is 0 Å². The Bertz CT molecular complexity index is 343. The fraction of sp³-hybridized carbons (Fsp3) is 0.455. The summed E-state index contributed by atoms with van der Waals surface area (Å²) in [5, 5.41) is 0.761. The van der Waals surface area contributed by atoms with Gasteiger partial charge in [0.15, 0.2) is 0 Å². The molecule has 1 aliphatic rings. The van der Waals surface area contributed by atoms with Gasteiger partial charge in [-0.2, -0.15) is 0 Å². The van der Waals surface area contributed by atoms with Crippen molar-refractivity contribution in [3.05, 3.63) is 24.3 Å². The third kappa shape index (κ3) is 2.35. The van der Waals surface area contributed by atoms with E-state index in [4.69, 9.17) is 4.74 Å². The maximum atomic E-state index is 5.18. The number of nitrogens with one attached hydrogen (secondary N) is 1. The molecule has 1 saturated heterocycles. The molecule has 1 heterocycles. The van der Waals surface area contributed by atoms with Crippen LogP contribution in [-0.4, -0.2) is 31.3 Å². The third-order valence-electron chi connectivity index (χ3n) is 2.80. The second-order valence-corrected chi connectivity index (χ2v) is 17.1. The first-order valence-corrected chi connectivity index (χ1v) is 12.9. The van der Waals surface area contributed by atoms with Gasteiger partial charge < -0.3 is 0 Å². The third-order valence-corrected chi connectivity index (χ3v) is 16.2. The second-order valence-electron chi connectivity index (χ2n) is 4.07. The average Bonchev–Trinajstić information content (AvgIpc) is 2.60. The summed E-state index contributed by atoms with van der Waals surface area (Å²) in [6.45, 7) is 3.46. The SMILES string of the molecule is COc1cc[c]([Ge]2([CH3])[NH]CC(C)[S]2)cc1. The number of rotatable bonds is 2. The van der Waals surface area contributed by atoms with Gasteiger partial charge in [0.25, 0.3) is 0 Å². The molecule has 1 N–H and O–H groups in total. The van der Waals surface area contributed by atoms with Gasteiger partial charge in [-0.25, -0.2) is 0 Å². The molecule has 1 aromatic rings. The van der Waals surface area contributed by atoms with Crippen LogP contribution in [0.25, 0.3) is 0 Å². The van der Waals surface area contributed by atoms with Gasteiger partial charge in [0, 0.05) is 0 Å². The van der Waals surface area contributed by atoms with Gasteiger partial charge in [-0.3, -0.25) is 0 Å². The first kappa shape index (κ1) is 11.4. The van der Waals surface area contributed by atoms with Gasteiger partial charge in [-0.05, 0) is 0 Å². The Kier molecular flexibility index (Phi) is 3.33. The van der Waals surface area contributed by atoms with Crippen LogP contribution in [0, 0.1) is 0 Å². The number of methoxy groups -OCH3 is 1. The van der Waals surface area contributed by atoms with Crippen LogP contribution < -0.4 is 13.4 Å². The van der Waals surface area contributed by atoms with Crippen LogP contribution in [0.2, 0.25) is 5.76 Å². The molecule has 2 rings (SSSR count). The van der Waals surface area contributed by atoms with E-state index >= 15 is 0 Å². The predicted octanol–water partition coefficient (Wildman–Crippen LogP) is 1.70. The topological polar surface area (TPSA) is 21.3 Å². The van der Waals surface area contributed by atoms with E-state index in [0.29, 0.717) is 0 Å². The molecule has 1 aromatic carbocycles. The molecule has 0 aliphatic carbocycles. The molecule has 0 bridgehead atoms. The summed E-state index contributed by atoms with van der Waals surface area (Å²) in [6, 6.07) is 8.57. The Labute approximate surface area is 97.4 Å². The van der Waals surface area contributed by atoms with E-state index in [1.54, 1.807) is 7.11 Å². The minimum atomic E-state index is -1.98. The first-order chi connectivity index (χ1) is 7.14. The maximum absolute atomic E-state index is 5.18. The molecule has 2 nitrogen and oxygen atoms in total. The van der Waals surface area contributed by atoms with E-state index in [2.05, 4.69) is 51.3 Å². The van der Waals surface area contributed by atoms with E-state index in [-0.39, 0.29) is 0 Å². The molecule has 1 aliphatic heterocycles. The second kappa shape index (κ2) is 4.39. The van der Waals surface area contributed by atoms with Crippen molar-refractivity contribution in [3.63, 3.8) is 0 Å². The van der Waals surface area contributed by atoms with Gasteiger partial charge in [0.05, 0.1) is 0 Å². The summed E-state index contributed by atoms with van der Waals surface area (Å²) in [5.74, 6) is 3.37. The van der Waals surface area contributed by atoms with Gasteiger partial charge in [-0.15, -0.1) is 0 Å². The summed E-state index contributed by atoms with van der Waals surface area (Å²) in [4.78, 5) is 0. The van der Waals surface area contributed by atoms with Crippen LogP contribution in [0.3, 0.4) is 0 Å². The van der Waals surface area contributed by atoms with Gasteiger partial charge in [-0.1, -0.05) is 0 Å². The van der Waals surface area contributed by atoms with Crippen LogP contribution in [0.4, 0.5) is 0 Å². The first-order valence-electron chi connectivity index (χ1n) is 5.21. The van der Waals surface area contributed by atoms with E-state index in [1.807, 2.05) is 0 Å². The van der Waals surface area contributed by atoms with Crippen molar-refractivity contribution < 1.29 is 4.74 Å². The Morgan fingerprint density at radius 1 is 1.40 bits per heavy atom. The molecular formula is C11H17GeNOS. The van der Waals surface area contributed by atoms with Crippen molar-refractivity contribution in [1.29, 1.82) is 0 Å². The predicted molar refractivity (Wildman–Crippen MR) is 69.3 cm³/mol. The summed E-state index contributed by atoms with van der Waals surface area (Å²) in [5.41, 5.74) is 0. The average molecular weight is 284 g/mol. The molecule has 0 saturated carbocycles. The van der Waals surface area contributed by atoms with E-state index < -0.39 is 12.3 Å². The fourth-order valence-electron chi connectivity index (χ4n) is 1.90. The summed E-state index contributed by atoms with van der Waals surface area (Å²) >= 11 is -1.98. The van der Waals surface area contributed by atoms with E-state index in [9.17, 15) is 0 Å². The summed E-state index contributed by atoms with van der Waals surface area (Å²) < 4.78 is 10.4. The number of benzene rings is 1. The van der Waals surface area contributed by atoms with Gasteiger partial charge in [0.1, 0.15) is 0 Å². The molecule has 0 aromatic heterocycles. The molecular weight excluding hydrogens is 267 g/mol. The summed E-state index contributed by atoms with van der Waals surface area (Å²) in [7, 11) is 3.88. The summed E-state index contributed by atoms with van der Waals surface area (Å²) in [6.07, 6.45) is 0. The fourth-order valence-corrected chi connectivity index (χ4v) is 15.1. The Morgan fingerprint density at radius 3 is 2.53 bits per heavy atom. The standard InChI is InChI=1S/C11H17GeNOS/c1-9-8-13-12(2,15-9)10-4-6-11(14-3)7-5-10/h4-7,9,13H,8H2,1-3H3. The van der Waals surface area contributed by atoms with Gasteiger partial charge >= 0.3 is 97.4 Å². The van der Waals surface area contributed by atoms with Crippen molar-refractivity contribution in [2.75, 3.05) is 13.7 Å². The number of ether oxygens (including phenoxy) is 1. The van der Waals surface area contributed by atoms with E-state index in [1.165, 1.54) is 4.40 Å². The van der Waals surface area contributed by atoms with Crippen LogP contribution in [0.5, 0.6) is 5.75 Å². The zero-order valence-corrected chi connectivity index (χ0v) is 12.3. The molecule has 0 amide bonds. The Hall–Kier alpha value is -0.127. The zero-order valence-electron chi connectivity index (χ0n) is 9.41. The molecule has 15 heavy (non-hydrogen) atoms. The molecule has 0 spiro atoms. The van der Waals surface area contributed by atoms with Crippen molar-refractivity contribution in [2.24, 2.45) is 0 Å². The van der Waals surface area contributed by atoms with Crippen molar-refractivity contribution in [1.82, 2.24) is 4.27 Å². The Morgan fingerprint density at radius 2 is 2.07 bits per heavy atom. The monoisotopic (exact) mass is 285 g/mol. The van der Waals surface area contributed by atoms with Crippen molar-refractivity contribution in [3.8, 4) is 5.75 Å². The van der Waals surface area contributed by atoms with Crippen LogP contribution in [0.1, 0.15) is 6.92 Å². The molecule has 1 fully saturated rings. The van der Waals surface area contributed by atoms with Crippen LogP contribution in [-0.2, 0) is 0 Å². The van der Waals surface area contributed by atoms with Crippen molar-refractivity contribution >= 4 is 26.8 Å². The molecule has 2 atom stereocenters. The van der Waals surface area contributed by atoms with E-state index in [0.717, 1.165) is 17.5 Å². The quantitative estimate of drug-likeness (QED) is 0.835. The number of hydrogen-bond donors (Lipinski definition) is 1. The molecule has 2 unspecified atom stereocenters. The zero-order chi connectivity index (χ0) is 10.9. The van der Waals surface area contributed by atoms with Crippen molar-refractivity contribution in [2.45, 2.75) is 17.9 Å². The Balaban J connectivity index is 2.22. The molecule has 4 heteroatoms.